The average molecular weight is 773 g/mol. The summed E-state index contributed by atoms with van der Waals surface area (Å²) in [5.41, 5.74) is 7.46. The molecule has 37 heavy (non-hydrogen) atoms. The van der Waals surface area contributed by atoms with E-state index in [4.69, 9.17) is 4.98 Å². The maximum Gasteiger partial charge on any atom is 0.148 e. The summed E-state index contributed by atoms with van der Waals surface area (Å²) in [6.45, 7) is 7.38. The number of aromatic nitrogens is 1. The molecule has 3 aromatic rings. The smallest absolute Gasteiger partial charge is 0.148 e. The molecule has 0 atom stereocenters. The Balaban J connectivity index is 0. The third kappa shape index (κ3) is 14.7. The molecule has 2 aromatic carbocycles. The van der Waals surface area contributed by atoms with Crippen molar-refractivity contribution in [3.05, 3.63) is 48.5 Å². The standard InChI is InChI=1S/C28H43N5.4BrH/c29-18-13-22-31-21-12-11-20-30-19-9-3-1-2-4-10-23-32-28-24-14-5-7-16-26(24)33-27-17-8-6-15-25(27)28;;;;/h5-8,14-17,30-31H,1-4,9-13,18-23,29H2,(H,32,33);4*1H. The Bertz CT molecular complexity index is 891. The highest BCUT2D eigenvalue weighted by molar-refractivity contribution is 6.03. The molecule has 0 spiro atoms. The van der Waals surface area contributed by atoms with Crippen LogP contribution in [0.25, 0.3) is 21.8 Å². The van der Waals surface area contributed by atoms with E-state index in [0.29, 0.717) is 0 Å². The van der Waals surface area contributed by atoms with Gasteiger partial charge in [0.25, 0.3) is 0 Å². The summed E-state index contributed by atoms with van der Waals surface area (Å²) in [5, 5.41) is 9.97. The highest BCUT2D eigenvalue weighted by atomic mass is 79.9. The summed E-state index contributed by atoms with van der Waals surface area (Å²) in [6, 6.07) is 17.1. The van der Waals surface area contributed by atoms with E-state index >= 15 is 0 Å². The van der Waals surface area contributed by atoms with E-state index in [-0.39, 0.29) is 67.9 Å². The lowest BCUT2D eigenvalue weighted by atomic mass is 10.1. The molecule has 1 aromatic heterocycles. The fraction of sp³-hybridized carbons (Fsp3) is 0.536. The van der Waals surface area contributed by atoms with Gasteiger partial charge < -0.3 is 89.6 Å². The van der Waals surface area contributed by atoms with Crippen molar-refractivity contribution in [2.24, 2.45) is 0 Å². The van der Waals surface area contributed by atoms with Crippen molar-refractivity contribution >= 4 is 27.5 Å². The van der Waals surface area contributed by atoms with E-state index in [0.717, 1.165) is 24.1 Å². The molecule has 0 saturated heterocycles. The summed E-state index contributed by atoms with van der Waals surface area (Å²) in [7, 11) is 0. The van der Waals surface area contributed by atoms with Gasteiger partial charge in [-0.2, -0.15) is 0 Å². The SMILES string of the molecule is [Br-].[Br-].[Br-].[Br-].[NH3+]CCC[NH2+]CCCC[NH2+]CCCCCCCC[NH2+]c1c2ccccc2nc2ccccc12. The first-order chi connectivity index (χ1) is 16.4. The molecule has 0 fully saturated rings. The van der Waals surface area contributed by atoms with Gasteiger partial charge in [0.05, 0.1) is 61.1 Å². The summed E-state index contributed by atoms with van der Waals surface area (Å²) in [4.78, 5) is 4.84. The Morgan fingerprint density at radius 3 is 1.43 bits per heavy atom. The molecule has 0 aliphatic heterocycles. The van der Waals surface area contributed by atoms with Crippen LogP contribution < -0.4 is 89.6 Å². The van der Waals surface area contributed by atoms with Gasteiger partial charge in [-0.25, -0.2) is 4.98 Å². The molecule has 3 rings (SSSR count). The van der Waals surface area contributed by atoms with E-state index in [9.17, 15) is 0 Å². The first-order valence-electron chi connectivity index (χ1n) is 13.4. The lowest BCUT2D eigenvalue weighted by Crippen LogP contribution is -3.00. The van der Waals surface area contributed by atoms with Gasteiger partial charge in [0.2, 0.25) is 0 Å². The zero-order valence-electron chi connectivity index (χ0n) is 22.1. The van der Waals surface area contributed by atoms with Crippen molar-refractivity contribution in [2.45, 2.75) is 57.8 Å². The van der Waals surface area contributed by atoms with Gasteiger partial charge in [-0.1, -0.05) is 37.1 Å². The van der Waals surface area contributed by atoms with E-state index in [1.165, 1.54) is 100 Å². The van der Waals surface area contributed by atoms with Crippen LogP contribution in [0.4, 0.5) is 5.69 Å². The van der Waals surface area contributed by atoms with Crippen LogP contribution in [0.3, 0.4) is 0 Å². The third-order valence-corrected chi connectivity index (χ3v) is 6.56. The van der Waals surface area contributed by atoms with Crippen molar-refractivity contribution in [1.82, 2.24) is 4.98 Å². The molecule has 9 N–H and O–H groups in total. The minimum atomic E-state index is 0. The summed E-state index contributed by atoms with van der Waals surface area (Å²) >= 11 is 0. The molecule has 9 heteroatoms. The van der Waals surface area contributed by atoms with Crippen LogP contribution in [0.15, 0.2) is 48.5 Å². The van der Waals surface area contributed by atoms with Gasteiger partial charge in [-0.15, -0.1) is 0 Å². The van der Waals surface area contributed by atoms with Crippen LogP contribution in [0, 0.1) is 0 Å². The number of hydrogen-bond acceptors (Lipinski definition) is 1. The van der Waals surface area contributed by atoms with Crippen molar-refractivity contribution in [3.63, 3.8) is 0 Å². The minimum absolute atomic E-state index is 0. The number of quaternary nitrogens is 4. The molecular weight excluding hydrogens is 726 g/mol. The average Bonchev–Trinajstić information content (AvgIpc) is 2.85. The first kappa shape index (κ1) is 39.0. The van der Waals surface area contributed by atoms with E-state index in [1.54, 1.807) is 0 Å². The molecule has 0 aliphatic carbocycles. The zero-order valence-corrected chi connectivity index (χ0v) is 28.5. The van der Waals surface area contributed by atoms with Crippen molar-refractivity contribution < 1.29 is 89.6 Å². The van der Waals surface area contributed by atoms with Crippen molar-refractivity contribution in [1.29, 1.82) is 0 Å². The fourth-order valence-corrected chi connectivity index (χ4v) is 4.63. The Morgan fingerprint density at radius 2 is 0.919 bits per heavy atom. The lowest BCUT2D eigenvalue weighted by Gasteiger charge is -2.09. The van der Waals surface area contributed by atoms with E-state index < -0.39 is 0 Å². The van der Waals surface area contributed by atoms with Gasteiger partial charge in [-0.05, 0) is 49.9 Å². The monoisotopic (exact) mass is 769 g/mol. The second kappa shape index (κ2) is 24.9. The quantitative estimate of drug-likeness (QED) is 0.0752. The fourth-order valence-electron chi connectivity index (χ4n) is 4.63. The normalized spacial score (nSPS) is 10.3. The number of para-hydroxylation sites is 2. The molecule has 1 heterocycles. The topological polar surface area (TPSA) is 90.4 Å². The molecule has 0 saturated carbocycles. The number of fused-ring (bicyclic) bond motifs is 2. The second-order valence-corrected chi connectivity index (χ2v) is 9.32. The van der Waals surface area contributed by atoms with Crippen LogP contribution in [-0.2, 0) is 0 Å². The van der Waals surface area contributed by atoms with E-state index in [2.05, 4.69) is 70.2 Å². The second-order valence-electron chi connectivity index (χ2n) is 9.32. The van der Waals surface area contributed by atoms with Gasteiger partial charge >= 0.3 is 0 Å². The molecule has 0 radical (unpaired) electrons. The number of benzene rings is 2. The number of nitrogens with zero attached hydrogens (tertiary/aromatic N) is 1. The van der Waals surface area contributed by atoms with E-state index in [1.807, 2.05) is 0 Å². The molecule has 0 unspecified atom stereocenters. The van der Waals surface area contributed by atoms with Gasteiger partial charge in [-0.3, -0.25) is 0 Å². The summed E-state index contributed by atoms with van der Waals surface area (Å²) in [5.74, 6) is 0. The molecule has 5 nitrogen and oxygen atoms in total. The number of pyridine rings is 1. The summed E-state index contributed by atoms with van der Waals surface area (Å²) < 4.78 is 0. The Labute approximate surface area is 266 Å². The molecular formula is C28H47Br4N5. The Hall–Kier alpha value is -0.130. The number of halogens is 4. The predicted octanol–water partition coefficient (Wildman–Crippen LogP) is -10.5. The largest absolute Gasteiger partial charge is 1.00 e. The Kier molecular flexibility index (Phi) is 26.2. The first-order valence-corrected chi connectivity index (χ1v) is 13.4. The minimum Gasteiger partial charge on any atom is -1.00 e. The van der Waals surface area contributed by atoms with Gasteiger partial charge in [0, 0.05) is 19.3 Å². The maximum absolute atomic E-state index is 4.84. The number of unbranched alkanes of at least 4 members (excludes halogenated alkanes) is 6. The van der Waals surface area contributed by atoms with Gasteiger partial charge in [0.1, 0.15) is 5.69 Å². The number of nitrogens with two attached hydrogens (primary N) is 3. The highest BCUT2D eigenvalue weighted by Gasteiger charge is 2.11. The van der Waals surface area contributed by atoms with Crippen molar-refractivity contribution in [2.75, 3.05) is 39.3 Å². The zero-order chi connectivity index (χ0) is 23.0. The van der Waals surface area contributed by atoms with Crippen LogP contribution in [0.5, 0.6) is 0 Å². The van der Waals surface area contributed by atoms with Crippen LogP contribution in [0.2, 0.25) is 0 Å². The van der Waals surface area contributed by atoms with Crippen LogP contribution >= 0.6 is 0 Å². The number of hydrogen-bond donors (Lipinski definition) is 4. The maximum atomic E-state index is 4.84. The predicted molar refractivity (Wildman–Crippen MR) is 138 cm³/mol. The molecule has 0 aliphatic rings. The van der Waals surface area contributed by atoms with Crippen LogP contribution in [0.1, 0.15) is 57.8 Å². The molecule has 212 valence electrons. The Morgan fingerprint density at radius 1 is 0.514 bits per heavy atom. The number of rotatable bonds is 18. The lowest BCUT2D eigenvalue weighted by molar-refractivity contribution is -0.666. The highest BCUT2D eigenvalue weighted by Crippen LogP contribution is 2.26. The molecule has 0 bridgehead atoms. The third-order valence-electron chi connectivity index (χ3n) is 6.56. The van der Waals surface area contributed by atoms with Gasteiger partial charge in [0.15, 0.2) is 0 Å². The van der Waals surface area contributed by atoms with Crippen LogP contribution in [-0.4, -0.2) is 44.3 Å². The summed E-state index contributed by atoms with van der Waals surface area (Å²) in [6.07, 6.45) is 12.1. The van der Waals surface area contributed by atoms with Crippen molar-refractivity contribution in [3.8, 4) is 0 Å². The molecule has 0 amide bonds.